The third-order valence-electron chi connectivity index (χ3n) is 2.28. The standard InChI is InChI=1S/C13H24N2O6/c1-5-11(17)21-15(7-8-16)12(18)14(9-10(3)4)13(19)20-6-2/h10,16H,5-9H2,1-4H3. The maximum atomic E-state index is 12.3. The molecule has 8 heteroatoms. The Labute approximate surface area is 124 Å². The van der Waals surface area contributed by atoms with Crippen LogP contribution in [0.3, 0.4) is 0 Å². The summed E-state index contributed by atoms with van der Waals surface area (Å²) in [5.41, 5.74) is 0. The van der Waals surface area contributed by atoms with Crippen molar-refractivity contribution in [2.75, 3.05) is 26.3 Å². The molecule has 0 saturated carbocycles. The summed E-state index contributed by atoms with van der Waals surface area (Å²) in [6.07, 6.45) is -0.745. The minimum absolute atomic E-state index is 0.0104. The van der Waals surface area contributed by atoms with Gasteiger partial charge in [0.15, 0.2) is 0 Å². The molecular formula is C13H24N2O6. The minimum Gasteiger partial charge on any atom is -0.449 e. The monoisotopic (exact) mass is 304 g/mol. The Morgan fingerprint density at radius 3 is 2.24 bits per heavy atom. The van der Waals surface area contributed by atoms with Crippen LogP contribution in [-0.2, 0) is 14.4 Å². The summed E-state index contributed by atoms with van der Waals surface area (Å²) >= 11 is 0. The largest absolute Gasteiger partial charge is 0.449 e. The van der Waals surface area contributed by atoms with Crippen LogP contribution in [0, 0.1) is 5.92 Å². The van der Waals surface area contributed by atoms with Crippen LogP contribution >= 0.6 is 0 Å². The van der Waals surface area contributed by atoms with Gasteiger partial charge >= 0.3 is 18.1 Å². The smallest absolute Gasteiger partial charge is 0.418 e. The van der Waals surface area contributed by atoms with Crippen molar-refractivity contribution in [2.45, 2.75) is 34.1 Å². The molecule has 1 N–H and O–H groups in total. The Morgan fingerprint density at radius 2 is 1.81 bits per heavy atom. The van der Waals surface area contributed by atoms with Crippen LogP contribution in [0.1, 0.15) is 34.1 Å². The molecule has 0 rings (SSSR count). The number of ether oxygens (including phenoxy) is 1. The highest BCUT2D eigenvalue weighted by atomic mass is 16.7. The average molecular weight is 304 g/mol. The van der Waals surface area contributed by atoms with E-state index in [1.165, 1.54) is 0 Å². The Hall–Kier alpha value is -1.83. The zero-order chi connectivity index (χ0) is 16.4. The third kappa shape index (κ3) is 6.94. The molecule has 0 aliphatic carbocycles. The molecule has 0 aromatic heterocycles. The molecule has 0 radical (unpaired) electrons. The first-order valence-electron chi connectivity index (χ1n) is 6.94. The normalized spacial score (nSPS) is 10.2. The van der Waals surface area contributed by atoms with Gasteiger partial charge in [0.05, 0.1) is 19.8 Å². The quantitative estimate of drug-likeness (QED) is 0.745. The van der Waals surface area contributed by atoms with Gasteiger partial charge in [-0.15, -0.1) is 0 Å². The van der Waals surface area contributed by atoms with Gasteiger partial charge in [0.2, 0.25) is 0 Å². The molecule has 0 unspecified atom stereocenters. The van der Waals surface area contributed by atoms with Crippen LogP contribution in [-0.4, -0.2) is 59.5 Å². The van der Waals surface area contributed by atoms with Crippen LogP contribution in [0.5, 0.6) is 0 Å². The summed E-state index contributed by atoms with van der Waals surface area (Å²) in [4.78, 5) is 41.1. The van der Waals surface area contributed by atoms with Crippen molar-refractivity contribution in [3.05, 3.63) is 0 Å². The molecule has 0 aromatic carbocycles. The van der Waals surface area contributed by atoms with Gasteiger partial charge in [0.1, 0.15) is 0 Å². The van der Waals surface area contributed by atoms with E-state index in [0.717, 1.165) is 4.90 Å². The van der Waals surface area contributed by atoms with E-state index in [0.29, 0.717) is 5.06 Å². The highest BCUT2D eigenvalue weighted by molar-refractivity contribution is 5.91. The summed E-state index contributed by atoms with van der Waals surface area (Å²) in [6, 6.07) is -0.835. The van der Waals surface area contributed by atoms with Gasteiger partial charge < -0.3 is 14.7 Å². The molecule has 0 aliphatic heterocycles. The fourth-order valence-electron chi connectivity index (χ4n) is 1.39. The van der Waals surface area contributed by atoms with Crippen molar-refractivity contribution in [1.82, 2.24) is 9.96 Å². The predicted octanol–water partition coefficient (Wildman–Crippen LogP) is 1.38. The number of aliphatic hydroxyl groups is 1. The minimum atomic E-state index is -0.835. The summed E-state index contributed by atoms with van der Waals surface area (Å²) < 4.78 is 4.82. The second-order valence-corrected chi connectivity index (χ2v) is 4.63. The molecule has 0 spiro atoms. The van der Waals surface area contributed by atoms with Crippen LogP contribution < -0.4 is 0 Å². The number of amides is 3. The lowest BCUT2D eigenvalue weighted by molar-refractivity contribution is -0.179. The molecule has 8 nitrogen and oxygen atoms in total. The van der Waals surface area contributed by atoms with E-state index in [-0.39, 0.29) is 32.0 Å². The first-order valence-corrected chi connectivity index (χ1v) is 6.94. The second-order valence-electron chi connectivity index (χ2n) is 4.63. The lowest BCUT2D eigenvalue weighted by atomic mass is 10.2. The molecule has 122 valence electrons. The highest BCUT2D eigenvalue weighted by Gasteiger charge is 2.30. The topological polar surface area (TPSA) is 96.4 Å². The fourth-order valence-corrected chi connectivity index (χ4v) is 1.39. The molecule has 0 atom stereocenters. The molecule has 0 saturated heterocycles. The van der Waals surface area contributed by atoms with Gasteiger partial charge in [-0.3, -0.25) is 0 Å². The molecule has 0 bridgehead atoms. The molecule has 0 aromatic rings. The maximum absolute atomic E-state index is 12.3. The number of hydrogen-bond donors (Lipinski definition) is 1. The molecule has 0 heterocycles. The van der Waals surface area contributed by atoms with Crippen molar-refractivity contribution in [1.29, 1.82) is 0 Å². The lowest BCUT2D eigenvalue weighted by Gasteiger charge is -2.27. The van der Waals surface area contributed by atoms with Crippen molar-refractivity contribution in [2.24, 2.45) is 5.92 Å². The van der Waals surface area contributed by atoms with Crippen LogP contribution in [0.25, 0.3) is 0 Å². The van der Waals surface area contributed by atoms with Crippen molar-refractivity contribution in [3.63, 3.8) is 0 Å². The van der Waals surface area contributed by atoms with Crippen molar-refractivity contribution in [3.8, 4) is 0 Å². The van der Waals surface area contributed by atoms with Crippen LogP contribution in [0.4, 0.5) is 9.59 Å². The average Bonchev–Trinajstić information content (AvgIpc) is 2.43. The van der Waals surface area contributed by atoms with E-state index >= 15 is 0 Å². The van der Waals surface area contributed by atoms with Crippen molar-refractivity contribution >= 4 is 18.1 Å². The predicted molar refractivity (Wildman–Crippen MR) is 74.1 cm³/mol. The Balaban J connectivity index is 5.08. The van der Waals surface area contributed by atoms with E-state index in [4.69, 9.17) is 14.7 Å². The molecule has 0 aliphatic rings. The van der Waals surface area contributed by atoms with E-state index in [1.807, 2.05) is 13.8 Å². The van der Waals surface area contributed by atoms with Gasteiger partial charge in [-0.2, -0.15) is 5.06 Å². The number of carbonyl (C=O) groups is 3. The fraction of sp³-hybridized carbons (Fsp3) is 0.769. The van der Waals surface area contributed by atoms with Gasteiger partial charge in [0, 0.05) is 13.0 Å². The van der Waals surface area contributed by atoms with Gasteiger partial charge in [-0.05, 0) is 12.8 Å². The number of aliphatic hydroxyl groups excluding tert-OH is 1. The maximum Gasteiger partial charge on any atom is 0.418 e. The van der Waals surface area contributed by atoms with Gasteiger partial charge in [-0.1, -0.05) is 20.8 Å². The summed E-state index contributed by atoms with van der Waals surface area (Å²) in [5, 5.41) is 9.63. The molecule has 21 heavy (non-hydrogen) atoms. The van der Waals surface area contributed by atoms with E-state index in [9.17, 15) is 14.4 Å². The molecule has 0 fully saturated rings. The Kier molecular flexibility index (Phi) is 9.11. The number of rotatable bonds is 6. The van der Waals surface area contributed by atoms with Gasteiger partial charge in [-0.25, -0.2) is 19.3 Å². The van der Waals surface area contributed by atoms with Crippen molar-refractivity contribution < 1.29 is 29.1 Å². The number of hydrogen-bond acceptors (Lipinski definition) is 6. The number of urea groups is 1. The zero-order valence-electron chi connectivity index (χ0n) is 13.0. The summed E-state index contributed by atoms with van der Waals surface area (Å²) in [7, 11) is 0. The first-order chi connectivity index (χ1) is 9.87. The van der Waals surface area contributed by atoms with E-state index < -0.39 is 24.7 Å². The molecule has 3 amide bonds. The molecular weight excluding hydrogens is 280 g/mol. The van der Waals surface area contributed by atoms with E-state index in [2.05, 4.69) is 0 Å². The first kappa shape index (κ1) is 19.2. The Morgan fingerprint density at radius 1 is 1.19 bits per heavy atom. The number of imide groups is 1. The number of carbonyl (C=O) groups excluding carboxylic acids is 3. The van der Waals surface area contributed by atoms with Gasteiger partial charge in [0.25, 0.3) is 0 Å². The Bertz CT molecular complexity index is 359. The zero-order valence-corrected chi connectivity index (χ0v) is 13.0. The summed E-state index contributed by atoms with van der Waals surface area (Å²) in [6.45, 7) is 6.46. The van der Waals surface area contributed by atoms with Crippen LogP contribution in [0.2, 0.25) is 0 Å². The third-order valence-corrected chi connectivity index (χ3v) is 2.28. The number of hydroxylamine groups is 2. The second kappa shape index (κ2) is 9.98. The summed E-state index contributed by atoms with van der Waals surface area (Å²) in [5.74, 6) is -0.624. The lowest BCUT2D eigenvalue weighted by Crippen LogP contribution is -2.49. The number of nitrogens with zero attached hydrogens (tertiary/aromatic N) is 2. The van der Waals surface area contributed by atoms with E-state index in [1.54, 1.807) is 13.8 Å². The van der Waals surface area contributed by atoms with Crippen LogP contribution in [0.15, 0.2) is 0 Å². The highest BCUT2D eigenvalue weighted by Crippen LogP contribution is 2.08. The SMILES string of the molecule is CCOC(=O)N(CC(C)C)C(=O)N(CCO)OC(=O)CC.